The van der Waals surface area contributed by atoms with Gasteiger partial charge in [-0.15, -0.1) is 0 Å². The van der Waals surface area contributed by atoms with Gasteiger partial charge >= 0.3 is 0 Å². The Kier molecular flexibility index (Phi) is 5.38. The molecule has 1 heterocycles. The minimum atomic E-state index is -1.68. The van der Waals surface area contributed by atoms with Crippen LogP contribution >= 0.6 is 0 Å². The minimum absolute atomic E-state index is 0.233. The monoisotopic (exact) mass is 448 g/mol. The van der Waals surface area contributed by atoms with Gasteiger partial charge in [-0.1, -0.05) is 34.6 Å². The molecule has 5 rings (SSSR count). The molecule has 4 heteroatoms. The Bertz CT molecular complexity index is 693. The molecule has 5 aliphatic rings. The average Bonchev–Trinajstić information content (AvgIpc) is 3.27. The molecule has 178 valence electrons. The van der Waals surface area contributed by atoms with Gasteiger partial charge in [-0.2, -0.15) is 0 Å². The molecule has 0 N–H and O–H groups in total. The van der Waals surface area contributed by atoms with Gasteiger partial charge in [0.05, 0.1) is 13.2 Å². The molecule has 1 aliphatic heterocycles. The van der Waals surface area contributed by atoms with Crippen LogP contribution in [0.15, 0.2) is 0 Å². The lowest BCUT2D eigenvalue weighted by molar-refractivity contribution is -0.247. The Morgan fingerprint density at radius 2 is 1.52 bits per heavy atom. The topological polar surface area (TPSA) is 27.7 Å². The van der Waals surface area contributed by atoms with Crippen molar-refractivity contribution in [1.29, 1.82) is 0 Å². The van der Waals surface area contributed by atoms with E-state index in [0.29, 0.717) is 16.6 Å². The summed E-state index contributed by atoms with van der Waals surface area (Å²) >= 11 is 0. The van der Waals surface area contributed by atoms with Crippen LogP contribution in [0.25, 0.3) is 0 Å². The van der Waals surface area contributed by atoms with Crippen molar-refractivity contribution in [2.45, 2.75) is 122 Å². The standard InChI is InChI=1S/C27H48O3Si/c1-24(2,3)31(6,7)30-20-10-13-25(4)19(18-20)8-9-21-22(25)11-14-26(5)23(21)12-15-27(26)28-16-17-29-27/h19-23H,8-18H2,1-7H3/t19-,20?,21+,22-,23-,25-,26-/m0/s1. The van der Waals surface area contributed by atoms with E-state index in [1.54, 1.807) is 0 Å². The molecule has 0 radical (unpaired) electrons. The average molecular weight is 449 g/mol. The van der Waals surface area contributed by atoms with Crippen molar-refractivity contribution in [2.24, 2.45) is 34.5 Å². The molecule has 0 bridgehead atoms. The fraction of sp³-hybridized carbons (Fsp3) is 1.00. The van der Waals surface area contributed by atoms with E-state index < -0.39 is 8.32 Å². The summed E-state index contributed by atoms with van der Waals surface area (Å²) in [6.07, 6.45) is 12.4. The Hall–Kier alpha value is 0.0969. The molecule has 1 saturated heterocycles. The molecular weight excluding hydrogens is 400 g/mol. The van der Waals surface area contributed by atoms with Gasteiger partial charge in [0.15, 0.2) is 14.1 Å². The van der Waals surface area contributed by atoms with E-state index in [0.717, 1.165) is 43.3 Å². The summed E-state index contributed by atoms with van der Waals surface area (Å²) in [5.74, 6) is 3.17. The summed E-state index contributed by atoms with van der Waals surface area (Å²) in [7, 11) is -1.68. The summed E-state index contributed by atoms with van der Waals surface area (Å²) in [4.78, 5) is 0. The molecule has 4 aliphatic carbocycles. The number of ether oxygens (including phenoxy) is 2. The zero-order valence-electron chi connectivity index (χ0n) is 21.4. The highest BCUT2D eigenvalue weighted by Gasteiger charge is 2.67. The van der Waals surface area contributed by atoms with Crippen LogP contribution in [0.5, 0.6) is 0 Å². The summed E-state index contributed by atoms with van der Waals surface area (Å²) < 4.78 is 19.6. The first-order valence-corrected chi connectivity index (χ1v) is 16.3. The predicted octanol–water partition coefficient (Wildman–Crippen LogP) is 7.16. The Labute approximate surface area is 192 Å². The van der Waals surface area contributed by atoms with Crippen molar-refractivity contribution >= 4 is 8.32 Å². The van der Waals surface area contributed by atoms with Crippen LogP contribution in [-0.4, -0.2) is 33.4 Å². The molecule has 31 heavy (non-hydrogen) atoms. The summed E-state index contributed by atoms with van der Waals surface area (Å²) in [5, 5.41) is 0.308. The first kappa shape index (κ1) is 22.9. The van der Waals surface area contributed by atoms with E-state index in [1.807, 2.05) is 0 Å². The van der Waals surface area contributed by atoms with Crippen molar-refractivity contribution in [3.8, 4) is 0 Å². The van der Waals surface area contributed by atoms with Crippen molar-refractivity contribution < 1.29 is 13.9 Å². The fourth-order valence-corrected chi connectivity index (χ4v) is 10.2. The van der Waals surface area contributed by atoms with Crippen LogP contribution in [0.2, 0.25) is 18.1 Å². The molecule has 1 unspecified atom stereocenters. The van der Waals surface area contributed by atoms with Gasteiger partial charge in [-0.25, -0.2) is 0 Å². The van der Waals surface area contributed by atoms with E-state index in [2.05, 4.69) is 47.7 Å². The third-order valence-corrected chi connectivity index (χ3v) is 16.2. The maximum Gasteiger partial charge on any atom is 0.192 e. The van der Waals surface area contributed by atoms with Crippen LogP contribution in [-0.2, 0) is 13.9 Å². The van der Waals surface area contributed by atoms with Crippen molar-refractivity contribution in [2.75, 3.05) is 13.2 Å². The molecule has 5 fully saturated rings. The highest BCUT2D eigenvalue weighted by atomic mass is 28.4. The van der Waals surface area contributed by atoms with E-state index in [-0.39, 0.29) is 11.2 Å². The van der Waals surface area contributed by atoms with Gasteiger partial charge in [0.2, 0.25) is 0 Å². The normalized spacial score (nSPS) is 47.1. The van der Waals surface area contributed by atoms with Crippen molar-refractivity contribution in [3.63, 3.8) is 0 Å². The molecule has 0 aromatic heterocycles. The van der Waals surface area contributed by atoms with Crippen LogP contribution in [0, 0.1) is 34.5 Å². The lowest BCUT2D eigenvalue weighted by Crippen LogP contribution is -2.57. The maximum absolute atomic E-state index is 6.93. The lowest BCUT2D eigenvalue weighted by Gasteiger charge is -2.62. The second-order valence-electron chi connectivity index (χ2n) is 13.9. The molecule has 1 spiro atoms. The van der Waals surface area contributed by atoms with Crippen molar-refractivity contribution in [3.05, 3.63) is 0 Å². The van der Waals surface area contributed by atoms with Gasteiger partial charge in [0.25, 0.3) is 0 Å². The first-order valence-electron chi connectivity index (χ1n) is 13.4. The summed E-state index contributed by atoms with van der Waals surface area (Å²) in [6.45, 7) is 18.8. The molecule has 0 aromatic carbocycles. The highest BCUT2D eigenvalue weighted by Crippen LogP contribution is 2.69. The summed E-state index contributed by atoms with van der Waals surface area (Å²) in [5.41, 5.74) is 0.751. The SMILES string of the molecule is CC(C)(C)[Si](C)(C)OC1CC[C@@]2(C)[C@@H](CC[C@@H]3[C@@H]2CC[C@@]2(C)[C@H]3CCC23OCCO3)C1. The molecule has 4 saturated carbocycles. The molecule has 0 aromatic rings. The Morgan fingerprint density at radius 3 is 2.19 bits per heavy atom. The number of fused-ring (bicyclic) bond motifs is 6. The highest BCUT2D eigenvalue weighted by molar-refractivity contribution is 6.74. The maximum atomic E-state index is 6.93. The first-order chi connectivity index (χ1) is 14.4. The van der Waals surface area contributed by atoms with Gasteiger partial charge in [-0.05, 0) is 98.6 Å². The zero-order chi connectivity index (χ0) is 22.3. The predicted molar refractivity (Wildman–Crippen MR) is 128 cm³/mol. The van der Waals surface area contributed by atoms with E-state index in [9.17, 15) is 0 Å². The smallest absolute Gasteiger partial charge is 0.192 e. The van der Waals surface area contributed by atoms with Crippen LogP contribution in [0.1, 0.15) is 92.4 Å². The number of hydrogen-bond donors (Lipinski definition) is 0. The van der Waals surface area contributed by atoms with Crippen molar-refractivity contribution in [1.82, 2.24) is 0 Å². The Balaban J connectivity index is 1.31. The molecular formula is C27H48O3Si. The van der Waals surface area contributed by atoms with Crippen LogP contribution in [0.3, 0.4) is 0 Å². The van der Waals surface area contributed by atoms with E-state index >= 15 is 0 Å². The van der Waals surface area contributed by atoms with Gasteiger partial charge in [0, 0.05) is 17.9 Å². The van der Waals surface area contributed by atoms with Crippen LogP contribution < -0.4 is 0 Å². The largest absolute Gasteiger partial charge is 0.414 e. The molecule has 0 amide bonds. The van der Waals surface area contributed by atoms with Gasteiger partial charge in [-0.3, -0.25) is 0 Å². The fourth-order valence-electron chi connectivity index (χ4n) is 8.80. The third-order valence-electron chi connectivity index (χ3n) is 11.7. The molecule has 3 nitrogen and oxygen atoms in total. The summed E-state index contributed by atoms with van der Waals surface area (Å²) in [6, 6.07) is 0. The van der Waals surface area contributed by atoms with E-state index in [4.69, 9.17) is 13.9 Å². The Morgan fingerprint density at radius 1 is 0.839 bits per heavy atom. The molecule has 7 atom stereocenters. The third kappa shape index (κ3) is 3.28. The zero-order valence-corrected chi connectivity index (χ0v) is 22.4. The van der Waals surface area contributed by atoms with E-state index in [1.165, 1.54) is 51.4 Å². The number of hydrogen-bond acceptors (Lipinski definition) is 3. The van der Waals surface area contributed by atoms with Gasteiger partial charge < -0.3 is 13.9 Å². The number of rotatable bonds is 2. The second kappa shape index (κ2) is 7.30. The second-order valence-corrected chi connectivity index (χ2v) is 18.6. The lowest BCUT2D eigenvalue weighted by atomic mass is 9.45. The van der Waals surface area contributed by atoms with Gasteiger partial charge in [0.1, 0.15) is 0 Å². The van der Waals surface area contributed by atoms with Crippen LogP contribution in [0.4, 0.5) is 0 Å². The quantitative estimate of drug-likeness (QED) is 0.419. The minimum Gasteiger partial charge on any atom is -0.414 e.